The van der Waals surface area contributed by atoms with Crippen molar-refractivity contribution >= 4 is 23.0 Å². The van der Waals surface area contributed by atoms with Gasteiger partial charge in [-0.2, -0.15) is 0 Å². The van der Waals surface area contributed by atoms with Gasteiger partial charge in [0.2, 0.25) is 0 Å². The number of pyridine rings is 2. The third kappa shape index (κ3) is 3.43. The van der Waals surface area contributed by atoms with Crippen LogP contribution in [0.2, 0.25) is 0 Å². The Hall–Kier alpha value is -3.72. The summed E-state index contributed by atoms with van der Waals surface area (Å²) >= 11 is 0. The maximum absolute atomic E-state index is 13.2. The third-order valence-electron chi connectivity index (χ3n) is 6.49. The Morgan fingerprint density at radius 3 is 2.85 bits per heavy atom. The second-order valence-electron chi connectivity index (χ2n) is 8.62. The molecule has 0 radical (unpaired) electrons. The van der Waals surface area contributed by atoms with Crippen molar-refractivity contribution in [1.82, 2.24) is 14.9 Å². The zero-order valence-electron chi connectivity index (χ0n) is 19.0. The van der Waals surface area contributed by atoms with Crippen molar-refractivity contribution in [2.45, 2.75) is 51.9 Å². The second kappa shape index (κ2) is 8.25. The van der Waals surface area contributed by atoms with Crippen LogP contribution in [0.15, 0.2) is 35.1 Å². The number of unbranched alkanes of at least 4 members (excludes halogenated alkanes) is 1. The molecule has 0 saturated heterocycles. The lowest BCUT2D eigenvalue weighted by atomic mass is 9.86. The van der Waals surface area contributed by atoms with Crippen molar-refractivity contribution < 1.29 is 24.2 Å². The molecule has 5 rings (SSSR count). The Bertz CT molecular complexity index is 1400. The Morgan fingerprint density at radius 1 is 1.26 bits per heavy atom. The highest BCUT2D eigenvalue weighted by Crippen LogP contribution is 2.38. The Labute approximate surface area is 195 Å². The van der Waals surface area contributed by atoms with Gasteiger partial charge in [0.05, 0.1) is 29.0 Å². The molecule has 9 heteroatoms. The minimum atomic E-state index is -1.86. The molecule has 3 aromatic rings. The highest BCUT2D eigenvalue weighted by molar-refractivity contribution is 5.87. The van der Waals surface area contributed by atoms with Crippen molar-refractivity contribution in [2.75, 3.05) is 6.54 Å². The lowest BCUT2D eigenvalue weighted by Gasteiger charge is -2.31. The van der Waals surface area contributed by atoms with E-state index in [4.69, 9.17) is 14.5 Å². The molecule has 9 nitrogen and oxygen atoms in total. The number of benzene rings is 1. The summed E-state index contributed by atoms with van der Waals surface area (Å²) in [6, 6.07) is 8.76. The number of cyclic esters (lactones) is 1. The molecule has 1 amide bonds. The van der Waals surface area contributed by atoms with Gasteiger partial charge in [0, 0.05) is 23.1 Å². The van der Waals surface area contributed by atoms with E-state index in [-0.39, 0.29) is 29.7 Å². The number of aliphatic hydroxyl groups is 1. The number of fused-ring (bicyclic) bond motifs is 5. The van der Waals surface area contributed by atoms with Gasteiger partial charge in [0.25, 0.3) is 5.56 Å². The molecule has 2 N–H and O–H groups in total. The van der Waals surface area contributed by atoms with Crippen molar-refractivity contribution in [2.24, 2.45) is 0 Å². The molecule has 2 aliphatic heterocycles. The van der Waals surface area contributed by atoms with E-state index >= 15 is 0 Å². The fourth-order valence-electron chi connectivity index (χ4n) is 4.54. The molecular formula is C25H25N3O6. The number of nitrogens with zero attached hydrogens (tertiary/aromatic N) is 2. The van der Waals surface area contributed by atoms with E-state index in [0.717, 1.165) is 23.8 Å². The number of nitrogens with one attached hydrogen (secondary N) is 1. The molecule has 34 heavy (non-hydrogen) atoms. The average molecular weight is 463 g/mol. The van der Waals surface area contributed by atoms with Gasteiger partial charge in [-0.3, -0.25) is 4.79 Å². The number of hydrogen-bond acceptors (Lipinski definition) is 7. The summed E-state index contributed by atoms with van der Waals surface area (Å²) in [5.74, 6) is -0.349. The zero-order chi connectivity index (χ0) is 24.0. The Kier molecular flexibility index (Phi) is 5.36. The monoisotopic (exact) mass is 463 g/mol. The summed E-state index contributed by atoms with van der Waals surface area (Å²) in [6.07, 6.45) is 1.44. The topological polar surface area (TPSA) is 120 Å². The summed E-state index contributed by atoms with van der Waals surface area (Å²) in [6.45, 7) is 4.41. The third-order valence-corrected chi connectivity index (χ3v) is 6.49. The molecule has 0 unspecified atom stereocenters. The summed E-state index contributed by atoms with van der Waals surface area (Å²) in [4.78, 5) is 42.2. The van der Waals surface area contributed by atoms with Gasteiger partial charge in [0.1, 0.15) is 12.4 Å². The van der Waals surface area contributed by atoms with Crippen LogP contribution >= 0.6 is 0 Å². The van der Waals surface area contributed by atoms with Crippen LogP contribution < -0.4 is 15.6 Å². The van der Waals surface area contributed by atoms with Gasteiger partial charge >= 0.3 is 12.1 Å². The standard InChI is InChI=1S/C25H25N3O6/c1-3-5-8-26-24(31)34-16-6-7-19-14(10-16)9-15-12-28-20(21(15)27-19)11-18-17(22(28)29)13-33-23(30)25(18,32)4-2/h6-7,9-11,32H,3-5,8,12-13H2,1-2H3,(H,26,31)/t25-/m0/s1. The van der Waals surface area contributed by atoms with Gasteiger partial charge in [-0.15, -0.1) is 0 Å². The lowest BCUT2D eigenvalue weighted by molar-refractivity contribution is -0.172. The van der Waals surface area contributed by atoms with Crippen LogP contribution in [0.3, 0.4) is 0 Å². The lowest BCUT2D eigenvalue weighted by Crippen LogP contribution is -2.44. The normalized spacial score (nSPS) is 18.1. The quantitative estimate of drug-likeness (QED) is 0.345. The number of rotatable bonds is 5. The van der Waals surface area contributed by atoms with Crippen LogP contribution in [0.1, 0.15) is 49.8 Å². The number of carbonyl (C=O) groups is 2. The number of aromatic nitrogens is 2. The summed E-state index contributed by atoms with van der Waals surface area (Å²) in [7, 11) is 0. The second-order valence-corrected chi connectivity index (χ2v) is 8.62. The minimum absolute atomic E-state index is 0.0918. The molecule has 1 atom stereocenters. The molecule has 2 aliphatic rings. The summed E-state index contributed by atoms with van der Waals surface area (Å²) < 4.78 is 12.1. The number of esters is 1. The average Bonchev–Trinajstić information content (AvgIpc) is 3.18. The fraction of sp³-hybridized carbons (Fsp3) is 0.360. The highest BCUT2D eigenvalue weighted by atomic mass is 16.6. The molecule has 0 saturated carbocycles. The number of hydrogen-bond donors (Lipinski definition) is 2. The Balaban J connectivity index is 1.52. The van der Waals surface area contributed by atoms with Crippen LogP contribution in [-0.4, -0.2) is 33.3 Å². The molecule has 1 aromatic carbocycles. The van der Waals surface area contributed by atoms with Crippen LogP contribution in [0.5, 0.6) is 5.75 Å². The molecule has 176 valence electrons. The van der Waals surface area contributed by atoms with Gasteiger partial charge < -0.3 is 24.5 Å². The maximum Gasteiger partial charge on any atom is 0.412 e. The van der Waals surface area contributed by atoms with Crippen molar-refractivity contribution in [3.8, 4) is 17.1 Å². The van der Waals surface area contributed by atoms with Crippen molar-refractivity contribution in [3.63, 3.8) is 0 Å². The van der Waals surface area contributed by atoms with E-state index in [1.165, 1.54) is 0 Å². The first-order valence-electron chi connectivity index (χ1n) is 11.4. The van der Waals surface area contributed by atoms with E-state index in [1.807, 2.05) is 13.0 Å². The molecule has 2 aromatic heterocycles. The van der Waals surface area contributed by atoms with Gasteiger partial charge in [0.15, 0.2) is 5.60 Å². The fourth-order valence-corrected chi connectivity index (χ4v) is 4.54. The highest BCUT2D eigenvalue weighted by Gasteiger charge is 2.45. The number of carbonyl (C=O) groups excluding carboxylic acids is 2. The van der Waals surface area contributed by atoms with Gasteiger partial charge in [-0.25, -0.2) is 14.6 Å². The largest absolute Gasteiger partial charge is 0.458 e. The van der Waals surface area contributed by atoms with Crippen LogP contribution in [0.4, 0.5) is 4.79 Å². The molecule has 0 aliphatic carbocycles. The number of amides is 1. The first-order valence-corrected chi connectivity index (χ1v) is 11.4. The molecule has 0 bridgehead atoms. The zero-order valence-corrected chi connectivity index (χ0v) is 19.0. The van der Waals surface area contributed by atoms with Crippen LogP contribution in [0.25, 0.3) is 22.3 Å². The van der Waals surface area contributed by atoms with Gasteiger partial charge in [-0.05, 0) is 43.2 Å². The smallest absolute Gasteiger partial charge is 0.412 e. The first-order chi connectivity index (χ1) is 16.4. The number of ether oxygens (including phenoxy) is 2. The first kappa shape index (κ1) is 22.1. The maximum atomic E-state index is 13.2. The predicted molar refractivity (Wildman–Crippen MR) is 123 cm³/mol. The van der Waals surface area contributed by atoms with Crippen molar-refractivity contribution in [1.29, 1.82) is 0 Å². The summed E-state index contributed by atoms with van der Waals surface area (Å²) in [5, 5.41) is 14.4. The molecule has 4 heterocycles. The predicted octanol–water partition coefficient (Wildman–Crippen LogP) is 2.97. The van der Waals surface area contributed by atoms with E-state index in [9.17, 15) is 19.5 Å². The minimum Gasteiger partial charge on any atom is -0.458 e. The molecule has 0 fully saturated rings. The van der Waals surface area contributed by atoms with Crippen LogP contribution in [-0.2, 0) is 28.3 Å². The van der Waals surface area contributed by atoms with Crippen molar-refractivity contribution in [3.05, 3.63) is 57.4 Å². The van der Waals surface area contributed by atoms with E-state index in [2.05, 4.69) is 5.32 Å². The van der Waals surface area contributed by atoms with E-state index in [0.29, 0.717) is 35.7 Å². The summed E-state index contributed by atoms with van der Waals surface area (Å²) in [5.41, 5.74) is 1.08. The Morgan fingerprint density at radius 2 is 2.09 bits per heavy atom. The van der Waals surface area contributed by atoms with E-state index < -0.39 is 17.7 Å². The molecule has 0 spiro atoms. The van der Waals surface area contributed by atoms with Gasteiger partial charge in [-0.1, -0.05) is 20.3 Å². The van der Waals surface area contributed by atoms with E-state index in [1.54, 1.807) is 35.8 Å². The van der Waals surface area contributed by atoms with Crippen LogP contribution in [0, 0.1) is 0 Å². The SMILES string of the molecule is CCCCNC(=O)Oc1ccc2nc3c(cc2c1)Cn1c-3cc2c(c1=O)COC(=O)[C@]2(O)CC. The molecular weight excluding hydrogens is 438 g/mol.